The van der Waals surface area contributed by atoms with Gasteiger partial charge in [0.2, 0.25) is 0 Å². The lowest BCUT2D eigenvalue weighted by Gasteiger charge is -2.22. The van der Waals surface area contributed by atoms with E-state index in [-0.39, 0.29) is 18.4 Å². The van der Waals surface area contributed by atoms with Crippen LogP contribution in [-0.2, 0) is 22.4 Å². The van der Waals surface area contributed by atoms with Crippen molar-refractivity contribution < 1.29 is 19.4 Å². The molecule has 1 fully saturated rings. The number of β-amino-alcohol motifs (C(OH)–C–C–N with tert-alkyl or cyclic N) is 1. The highest BCUT2D eigenvalue weighted by Crippen LogP contribution is 2.20. The summed E-state index contributed by atoms with van der Waals surface area (Å²) < 4.78 is 10.7. The molecule has 1 aromatic carbocycles. The van der Waals surface area contributed by atoms with Crippen molar-refractivity contribution in [2.24, 2.45) is 0 Å². The average molecular weight is 348 g/mol. The molecule has 3 rings (SSSR count). The Kier molecular flexibility index (Phi) is 5.44. The zero-order chi connectivity index (χ0) is 16.9. The minimum Gasteiger partial charge on any atom is -0.497 e. The predicted octanol–water partition coefficient (Wildman–Crippen LogP) is 1.18. The number of carbonyl (C=O) groups is 1. The fourth-order valence-electron chi connectivity index (χ4n) is 2.79. The summed E-state index contributed by atoms with van der Waals surface area (Å²) in [5.41, 5.74) is 1.09. The fraction of sp³-hybridized carbons (Fsp3) is 0.412. The molecule has 128 valence electrons. The minimum atomic E-state index is -0.700. The molecule has 24 heavy (non-hydrogen) atoms. The van der Waals surface area contributed by atoms with Crippen LogP contribution in [0.1, 0.15) is 10.6 Å². The molecule has 1 aliphatic heterocycles. The number of hydrogen-bond donors (Lipinski definition) is 2. The third-order valence-corrected chi connectivity index (χ3v) is 4.81. The molecule has 1 aromatic heterocycles. The first kappa shape index (κ1) is 16.9. The molecule has 0 amide bonds. The second-order valence-electron chi connectivity index (χ2n) is 5.69. The van der Waals surface area contributed by atoms with Crippen LogP contribution in [0, 0.1) is 0 Å². The fourth-order valence-corrected chi connectivity index (χ4v) is 3.40. The van der Waals surface area contributed by atoms with Crippen LogP contribution in [0.3, 0.4) is 0 Å². The molecule has 0 aliphatic carbocycles. The average Bonchev–Trinajstić information content (AvgIpc) is 3.20. The molecule has 1 saturated heterocycles. The van der Waals surface area contributed by atoms with Gasteiger partial charge in [0.15, 0.2) is 0 Å². The molecule has 2 heterocycles. The van der Waals surface area contributed by atoms with Crippen LogP contribution in [0.4, 0.5) is 0 Å². The Morgan fingerprint density at radius 2 is 2.21 bits per heavy atom. The molecule has 0 unspecified atom stereocenters. The number of aliphatic hydroxyl groups excluding tert-OH is 1. The zero-order valence-electron chi connectivity index (χ0n) is 13.3. The zero-order valence-corrected chi connectivity index (χ0v) is 14.2. The molecule has 6 nitrogen and oxygen atoms in total. The molecule has 0 bridgehead atoms. The summed E-state index contributed by atoms with van der Waals surface area (Å²) in [5.74, 6) is 0.432. The number of methoxy groups -OCH3 is 1. The topological polar surface area (TPSA) is 80.7 Å². The number of ether oxygens (including phenoxy) is 2. The summed E-state index contributed by atoms with van der Waals surface area (Å²) in [5, 5.41) is 15.9. The molecule has 0 spiro atoms. The number of benzene rings is 1. The Balaban J connectivity index is 1.60. The first-order valence-electron chi connectivity index (χ1n) is 7.78. The second-order valence-corrected chi connectivity index (χ2v) is 6.67. The van der Waals surface area contributed by atoms with Gasteiger partial charge in [-0.1, -0.05) is 12.1 Å². The van der Waals surface area contributed by atoms with E-state index >= 15 is 0 Å². The number of thiazole rings is 1. The van der Waals surface area contributed by atoms with Crippen molar-refractivity contribution >= 4 is 17.3 Å². The maximum absolute atomic E-state index is 12.1. The van der Waals surface area contributed by atoms with Crippen LogP contribution in [0.15, 0.2) is 35.8 Å². The third kappa shape index (κ3) is 4.11. The summed E-state index contributed by atoms with van der Waals surface area (Å²) in [6.45, 7) is 0.413. The quantitative estimate of drug-likeness (QED) is 0.763. The van der Waals surface area contributed by atoms with Crippen LogP contribution in [-0.4, -0.2) is 48.0 Å². The summed E-state index contributed by atoms with van der Waals surface area (Å²) in [6.07, 6.45) is 1.20. The van der Waals surface area contributed by atoms with Crippen molar-refractivity contribution in [3.8, 4) is 5.75 Å². The monoisotopic (exact) mass is 348 g/mol. The van der Waals surface area contributed by atoms with E-state index < -0.39 is 12.2 Å². The van der Waals surface area contributed by atoms with Gasteiger partial charge < -0.3 is 19.9 Å². The van der Waals surface area contributed by atoms with Gasteiger partial charge >= 0.3 is 5.97 Å². The largest absolute Gasteiger partial charge is 0.497 e. The number of esters is 1. The van der Waals surface area contributed by atoms with E-state index in [1.54, 1.807) is 13.3 Å². The number of rotatable bonds is 6. The van der Waals surface area contributed by atoms with E-state index in [0.29, 0.717) is 18.0 Å². The SMILES string of the molecule is COc1ccc(C[C@H]2NC[C@H](O)[C@H]2OC(=O)Cc2nccs2)cc1. The molecule has 2 aromatic rings. The van der Waals surface area contributed by atoms with Crippen molar-refractivity contribution in [2.45, 2.75) is 31.1 Å². The molecular weight excluding hydrogens is 328 g/mol. The lowest BCUT2D eigenvalue weighted by Crippen LogP contribution is -2.39. The van der Waals surface area contributed by atoms with Gasteiger partial charge in [-0.2, -0.15) is 0 Å². The van der Waals surface area contributed by atoms with Gasteiger partial charge in [0.05, 0.1) is 19.6 Å². The van der Waals surface area contributed by atoms with Gasteiger partial charge in [-0.15, -0.1) is 11.3 Å². The van der Waals surface area contributed by atoms with E-state index in [9.17, 15) is 9.90 Å². The normalized spacial score (nSPS) is 23.2. The third-order valence-electron chi connectivity index (χ3n) is 4.03. The van der Waals surface area contributed by atoms with Gasteiger partial charge in [0.1, 0.15) is 23.0 Å². The van der Waals surface area contributed by atoms with Gasteiger partial charge in [0, 0.05) is 18.1 Å². The number of aliphatic hydroxyl groups is 1. The van der Waals surface area contributed by atoms with Crippen LogP contribution in [0.25, 0.3) is 0 Å². The standard InChI is InChI=1S/C17H20N2O4S/c1-22-12-4-2-11(3-5-12)8-13-17(14(20)10-19-13)23-16(21)9-15-18-6-7-24-15/h2-7,13-14,17,19-20H,8-10H2,1H3/t13-,14+,17+/m1/s1. The van der Waals surface area contributed by atoms with E-state index in [4.69, 9.17) is 9.47 Å². The number of nitrogens with zero attached hydrogens (tertiary/aromatic N) is 1. The highest BCUT2D eigenvalue weighted by atomic mass is 32.1. The van der Waals surface area contributed by atoms with Gasteiger partial charge in [-0.05, 0) is 24.1 Å². The van der Waals surface area contributed by atoms with E-state index in [0.717, 1.165) is 11.3 Å². The minimum absolute atomic E-state index is 0.117. The molecule has 2 N–H and O–H groups in total. The van der Waals surface area contributed by atoms with Crippen molar-refractivity contribution in [2.75, 3.05) is 13.7 Å². The molecule has 3 atom stereocenters. The molecule has 0 saturated carbocycles. The Hall–Kier alpha value is -1.96. The van der Waals surface area contributed by atoms with Crippen LogP contribution >= 0.6 is 11.3 Å². The van der Waals surface area contributed by atoms with Gasteiger partial charge in [-0.25, -0.2) is 4.98 Å². The van der Waals surface area contributed by atoms with Gasteiger partial charge in [0.25, 0.3) is 0 Å². The Morgan fingerprint density at radius 3 is 2.88 bits per heavy atom. The van der Waals surface area contributed by atoms with Crippen molar-refractivity contribution in [3.05, 3.63) is 46.4 Å². The predicted molar refractivity (Wildman–Crippen MR) is 90.2 cm³/mol. The number of carbonyl (C=O) groups excluding carboxylic acids is 1. The maximum atomic E-state index is 12.1. The van der Waals surface area contributed by atoms with E-state index in [2.05, 4.69) is 10.3 Å². The molecule has 7 heteroatoms. The number of aromatic nitrogens is 1. The molecule has 1 aliphatic rings. The Morgan fingerprint density at radius 1 is 1.42 bits per heavy atom. The summed E-state index contributed by atoms with van der Waals surface area (Å²) in [7, 11) is 1.63. The van der Waals surface area contributed by atoms with Crippen molar-refractivity contribution in [3.63, 3.8) is 0 Å². The maximum Gasteiger partial charge on any atom is 0.313 e. The summed E-state index contributed by atoms with van der Waals surface area (Å²) >= 11 is 1.41. The van der Waals surface area contributed by atoms with Crippen molar-refractivity contribution in [1.29, 1.82) is 0 Å². The van der Waals surface area contributed by atoms with Crippen molar-refractivity contribution in [1.82, 2.24) is 10.3 Å². The van der Waals surface area contributed by atoms with Gasteiger partial charge in [-0.3, -0.25) is 4.79 Å². The lowest BCUT2D eigenvalue weighted by molar-refractivity contribution is -0.153. The van der Waals surface area contributed by atoms with Crippen LogP contribution < -0.4 is 10.1 Å². The van der Waals surface area contributed by atoms with Crippen LogP contribution in [0.5, 0.6) is 5.75 Å². The smallest absolute Gasteiger partial charge is 0.313 e. The molecular formula is C17H20N2O4S. The first-order chi connectivity index (χ1) is 11.7. The number of hydrogen-bond acceptors (Lipinski definition) is 7. The number of nitrogens with one attached hydrogen (secondary N) is 1. The first-order valence-corrected chi connectivity index (χ1v) is 8.66. The second kappa shape index (κ2) is 7.74. The van der Waals surface area contributed by atoms with E-state index in [1.807, 2.05) is 29.6 Å². The highest BCUT2D eigenvalue weighted by molar-refractivity contribution is 7.09. The Bertz CT molecular complexity index is 660. The van der Waals surface area contributed by atoms with Crippen LogP contribution in [0.2, 0.25) is 0 Å². The molecule has 0 radical (unpaired) electrons. The lowest BCUT2D eigenvalue weighted by atomic mass is 10.0. The summed E-state index contributed by atoms with van der Waals surface area (Å²) in [4.78, 5) is 16.2. The highest BCUT2D eigenvalue weighted by Gasteiger charge is 2.37. The van der Waals surface area contributed by atoms with E-state index in [1.165, 1.54) is 11.3 Å². The summed E-state index contributed by atoms with van der Waals surface area (Å²) in [6, 6.07) is 7.61. The Labute approximate surface area is 144 Å².